The van der Waals surface area contributed by atoms with E-state index in [2.05, 4.69) is 31.3 Å². The van der Waals surface area contributed by atoms with Crippen molar-refractivity contribution < 1.29 is 0 Å². The molecule has 1 aliphatic carbocycles. The lowest BCUT2D eigenvalue weighted by Crippen LogP contribution is -2.57. The Bertz CT molecular complexity index is 201. The molecular formula is C13H26N2. The molecular weight excluding hydrogens is 184 g/mol. The minimum atomic E-state index is 0.222. The minimum absolute atomic E-state index is 0.222. The van der Waals surface area contributed by atoms with Crippen molar-refractivity contribution >= 4 is 0 Å². The number of hydrogen-bond donors (Lipinski definition) is 2. The summed E-state index contributed by atoms with van der Waals surface area (Å²) in [6, 6.07) is 0. The van der Waals surface area contributed by atoms with E-state index < -0.39 is 0 Å². The van der Waals surface area contributed by atoms with Gasteiger partial charge in [0.05, 0.1) is 0 Å². The van der Waals surface area contributed by atoms with Crippen molar-refractivity contribution in [3.8, 4) is 0 Å². The summed E-state index contributed by atoms with van der Waals surface area (Å²) < 4.78 is 0. The van der Waals surface area contributed by atoms with Crippen LogP contribution in [0.1, 0.15) is 46.0 Å². The highest BCUT2D eigenvalue weighted by molar-refractivity contribution is 4.96. The van der Waals surface area contributed by atoms with E-state index >= 15 is 0 Å². The highest BCUT2D eigenvalue weighted by atomic mass is 15.0. The van der Waals surface area contributed by atoms with Crippen molar-refractivity contribution in [3.63, 3.8) is 0 Å². The van der Waals surface area contributed by atoms with Gasteiger partial charge in [0.15, 0.2) is 0 Å². The monoisotopic (exact) mass is 210 g/mol. The Labute approximate surface area is 94.3 Å². The van der Waals surface area contributed by atoms with Crippen LogP contribution in [-0.2, 0) is 0 Å². The molecule has 0 aromatic carbocycles. The van der Waals surface area contributed by atoms with Gasteiger partial charge in [0.25, 0.3) is 0 Å². The maximum Gasteiger partial charge on any atom is 0.0329 e. The van der Waals surface area contributed by atoms with Crippen molar-refractivity contribution in [2.75, 3.05) is 13.1 Å². The van der Waals surface area contributed by atoms with Crippen LogP contribution in [-0.4, -0.2) is 18.6 Å². The van der Waals surface area contributed by atoms with Crippen molar-refractivity contribution in [2.45, 2.75) is 51.5 Å². The van der Waals surface area contributed by atoms with E-state index in [0.717, 1.165) is 25.4 Å². The van der Waals surface area contributed by atoms with Crippen molar-refractivity contribution in [1.29, 1.82) is 0 Å². The SMILES string of the molecule is C/C=C/CCNC1(CN)CCCCC1C. The average Bonchev–Trinajstić information content (AvgIpc) is 2.27. The molecule has 0 aliphatic heterocycles. The molecule has 0 saturated heterocycles. The van der Waals surface area contributed by atoms with Gasteiger partial charge in [-0.3, -0.25) is 0 Å². The highest BCUT2D eigenvalue weighted by Crippen LogP contribution is 2.32. The molecule has 0 radical (unpaired) electrons. The first-order valence-electron chi connectivity index (χ1n) is 6.31. The Morgan fingerprint density at radius 2 is 2.27 bits per heavy atom. The third-order valence-corrected chi connectivity index (χ3v) is 3.84. The number of allylic oxidation sites excluding steroid dienone is 1. The van der Waals surface area contributed by atoms with Gasteiger partial charge in [-0.05, 0) is 38.6 Å². The lowest BCUT2D eigenvalue weighted by Gasteiger charge is -2.43. The lowest BCUT2D eigenvalue weighted by molar-refractivity contribution is 0.163. The largest absolute Gasteiger partial charge is 0.329 e. The fraction of sp³-hybridized carbons (Fsp3) is 0.846. The van der Waals surface area contributed by atoms with Crippen LogP contribution in [0.3, 0.4) is 0 Å². The van der Waals surface area contributed by atoms with Crippen molar-refractivity contribution in [3.05, 3.63) is 12.2 Å². The topological polar surface area (TPSA) is 38.0 Å². The summed E-state index contributed by atoms with van der Waals surface area (Å²) >= 11 is 0. The lowest BCUT2D eigenvalue weighted by atomic mass is 9.73. The molecule has 1 aliphatic rings. The normalized spacial score (nSPS) is 32.3. The molecule has 0 heterocycles. The van der Waals surface area contributed by atoms with Crippen LogP contribution < -0.4 is 11.1 Å². The zero-order chi connectivity index (χ0) is 11.1. The van der Waals surface area contributed by atoms with Gasteiger partial charge in [-0.1, -0.05) is 31.9 Å². The first-order chi connectivity index (χ1) is 7.25. The predicted molar refractivity (Wildman–Crippen MR) is 66.9 cm³/mol. The maximum absolute atomic E-state index is 5.96. The summed E-state index contributed by atoms with van der Waals surface area (Å²) in [5.74, 6) is 0.724. The first-order valence-corrected chi connectivity index (χ1v) is 6.31. The Kier molecular flexibility index (Phi) is 5.34. The summed E-state index contributed by atoms with van der Waals surface area (Å²) in [7, 11) is 0. The van der Waals surface area contributed by atoms with E-state index in [0.29, 0.717) is 0 Å². The Hall–Kier alpha value is -0.340. The Morgan fingerprint density at radius 1 is 1.47 bits per heavy atom. The first kappa shape index (κ1) is 12.7. The fourth-order valence-electron chi connectivity index (χ4n) is 2.62. The van der Waals surface area contributed by atoms with Gasteiger partial charge in [0.1, 0.15) is 0 Å². The smallest absolute Gasteiger partial charge is 0.0329 e. The molecule has 15 heavy (non-hydrogen) atoms. The fourth-order valence-corrected chi connectivity index (χ4v) is 2.62. The predicted octanol–water partition coefficient (Wildman–Crippen LogP) is 2.45. The molecule has 0 bridgehead atoms. The second-order valence-electron chi connectivity index (χ2n) is 4.79. The average molecular weight is 210 g/mol. The molecule has 0 spiro atoms. The van der Waals surface area contributed by atoms with Crippen LogP contribution in [0.15, 0.2) is 12.2 Å². The second kappa shape index (κ2) is 6.29. The molecule has 1 rings (SSSR count). The third-order valence-electron chi connectivity index (χ3n) is 3.84. The summed E-state index contributed by atoms with van der Waals surface area (Å²) in [4.78, 5) is 0. The summed E-state index contributed by atoms with van der Waals surface area (Å²) in [5, 5.41) is 3.69. The van der Waals surface area contributed by atoms with Crippen LogP contribution >= 0.6 is 0 Å². The number of nitrogens with two attached hydrogens (primary N) is 1. The quantitative estimate of drug-likeness (QED) is 0.540. The van der Waals surface area contributed by atoms with Crippen LogP contribution in [0.25, 0.3) is 0 Å². The van der Waals surface area contributed by atoms with Gasteiger partial charge in [-0.25, -0.2) is 0 Å². The molecule has 88 valence electrons. The van der Waals surface area contributed by atoms with Gasteiger partial charge in [0, 0.05) is 12.1 Å². The minimum Gasteiger partial charge on any atom is -0.329 e. The van der Waals surface area contributed by atoms with Gasteiger partial charge in [0.2, 0.25) is 0 Å². The Balaban J connectivity index is 2.43. The molecule has 3 N–H and O–H groups in total. The molecule has 1 saturated carbocycles. The number of hydrogen-bond acceptors (Lipinski definition) is 2. The van der Waals surface area contributed by atoms with E-state index in [4.69, 9.17) is 5.73 Å². The van der Waals surface area contributed by atoms with E-state index in [1.165, 1.54) is 25.7 Å². The highest BCUT2D eigenvalue weighted by Gasteiger charge is 2.35. The van der Waals surface area contributed by atoms with Crippen LogP contribution in [0, 0.1) is 5.92 Å². The molecule has 0 aromatic heterocycles. The zero-order valence-electron chi connectivity index (χ0n) is 10.3. The van der Waals surface area contributed by atoms with E-state index in [9.17, 15) is 0 Å². The van der Waals surface area contributed by atoms with Crippen LogP contribution in [0.4, 0.5) is 0 Å². The van der Waals surface area contributed by atoms with Gasteiger partial charge in [-0.2, -0.15) is 0 Å². The van der Waals surface area contributed by atoms with E-state index in [1.807, 2.05) is 0 Å². The molecule has 1 fully saturated rings. The molecule has 2 atom stereocenters. The molecule has 0 amide bonds. The summed E-state index contributed by atoms with van der Waals surface area (Å²) in [6.45, 7) is 6.26. The molecule has 2 nitrogen and oxygen atoms in total. The zero-order valence-corrected chi connectivity index (χ0v) is 10.3. The van der Waals surface area contributed by atoms with E-state index in [-0.39, 0.29) is 5.54 Å². The maximum atomic E-state index is 5.96. The molecule has 0 aromatic rings. The Morgan fingerprint density at radius 3 is 2.87 bits per heavy atom. The van der Waals surface area contributed by atoms with E-state index in [1.54, 1.807) is 0 Å². The third kappa shape index (κ3) is 3.32. The van der Waals surface area contributed by atoms with Gasteiger partial charge in [-0.15, -0.1) is 0 Å². The van der Waals surface area contributed by atoms with Crippen molar-refractivity contribution in [1.82, 2.24) is 5.32 Å². The molecule has 2 unspecified atom stereocenters. The molecule has 2 heteroatoms. The number of nitrogens with one attached hydrogen (secondary N) is 1. The van der Waals surface area contributed by atoms with Crippen LogP contribution in [0.2, 0.25) is 0 Å². The van der Waals surface area contributed by atoms with Gasteiger partial charge < -0.3 is 11.1 Å². The second-order valence-corrected chi connectivity index (χ2v) is 4.79. The van der Waals surface area contributed by atoms with Crippen LogP contribution in [0.5, 0.6) is 0 Å². The van der Waals surface area contributed by atoms with Crippen molar-refractivity contribution in [2.24, 2.45) is 11.7 Å². The van der Waals surface area contributed by atoms with Gasteiger partial charge >= 0.3 is 0 Å². The summed E-state index contributed by atoms with van der Waals surface area (Å²) in [5.41, 5.74) is 6.18. The number of rotatable bonds is 5. The standard InChI is InChI=1S/C13H26N2/c1-3-4-7-10-15-13(11-14)9-6-5-8-12(13)2/h3-4,12,15H,5-11,14H2,1-2H3/b4-3+. The summed E-state index contributed by atoms with van der Waals surface area (Å²) in [6.07, 6.45) is 10.7.